The zero-order valence-electron chi connectivity index (χ0n) is 15.8. The predicted molar refractivity (Wildman–Crippen MR) is 118 cm³/mol. The van der Waals surface area contributed by atoms with Crippen LogP contribution in [0, 0.1) is 23.7 Å². The number of benzene rings is 1. The summed E-state index contributed by atoms with van der Waals surface area (Å²) in [6.07, 6.45) is 6.59. The second kappa shape index (κ2) is 7.60. The highest BCUT2D eigenvalue weighted by atomic mass is 35.5. The molecule has 1 aromatic heterocycles. The summed E-state index contributed by atoms with van der Waals surface area (Å²) in [4.78, 5) is 12.6. The largest absolute Gasteiger partial charge is 0.451 e. The minimum absolute atomic E-state index is 0.185. The van der Waals surface area contributed by atoms with Crippen LogP contribution in [-0.2, 0) is 0 Å². The first-order chi connectivity index (χ1) is 14.0. The van der Waals surface area contributed by atoms with Gasteiger partial charge in [-0.1, -0.05) is 23.2 Å². The first-order valence-electron chi connectivity index (χ1n) is 10.1. The summed E-state index contributed by atoms with van der Waals surface area (Å²) in [6.45, 7) is 0. The number of halogens is 2. The molecule has 0 saturated heterocycles. The highest BCUT2D eigenvalue weighted by molar-refractivity contribution is 7.80. The average Bonchev–Trinajstić information content (AvgIpc) is 3.16. The molecule has 0 atom stereocenters. The van der Waals surface area contributed by atoms with Crippen molar-refractivity contribution in [1.29, 1.82) is 0 Å². The van der Waals surface area contributed by atoms with Gasteiger partial charge in [0.05, 0.1) is 5.02 Å². The van der Waals surface area contributed by atoms with Gasteiger partial charge in [0.15, 0.2) is 10.9 Å². The molecule has 6 rings (SSSR count). The highest BCUT2D eigenvalue weighted by Crippen LogP contribution is 2.53. The molecule has 1 heterocycles. The first kappa shape index (κ1) is 19.4. The van der Waals surface area contributed by atoms with Gasteiger partial charge in [-0.25, -0.2) is 0 Å². The molecule has 4 nitrogen and oxygen atoms in total. The highest BCUT2D eigenvalue weighted by Gasteiger charge is 2.48. The maximum absolute atomic E-state index is 12.6. The van der Waals surface area contributed by atoms with E-state index in [4.69, 9.17) is 39.8 Å². The van der Waals surface area contributed by atoms with Gasteiger partial charge in [0, 0.05) is 16.6 Å². The van der Waals surface area contributed by atoms with Crippen LogP contribution in [0.15, 0.2) is 34.7 Å². The van der Waals surface area contributed by atoms with Crippen molar-refractivity contribution in [3.05, 3.63) is 46.1 Å². The maximum Gasteiger partial charge on any atom is 0.293 e. The lowest BCUT2D eigenvalue weighted by atomic mass is 9.54. The van der Waals surface area contributed by atoms with E-state index in [2.05, 4.69) is 10.6 Å². The molecule has 4 saturated carbocycles. The monoisotopic (exact) mass is 448 g/mol. The van der Waals surface area contributed by atoms with E-state index >= 15 is 0 Å². The van der Waals surface area contributed by atoms with E-state index < -0.39 is 0 Å². The van der Waals surface area contributed by atoms with Crippen molar-refractivity contribution < 1.29 is 9.21 Å². The van der Waals surface area contributed by atoms with E-state index in [0.29, 0.717) is 44.4 Å². The molecule has 0 unspecified atom stereocenters. The minimum Gasteiger partial charge on any atom is -0.451 e. The quantitative estimate of drug-likeness (QED) is 0.592. The van der Waals surface area contributed by atoms with Gasteiger partial charge >= 0.3 is 0 Å². The molecule has 4 aliphatic rings. The van der Waals surface area contributed by atoms with Gasteiger partial charge in [-0.05, 0) is 98.3 Å². The van der Waals surface area contributed by atoms with Crippen molar-refractivity contribution in [2.24, 2.45) is 23.7 Å². The van der Waals surface area contributed by atoms with Crippen LogP contribution in [0.1, 0.15) is 42.7 Å². The number of rotatable bonds is 3. The SMILES string of the molecule is O=C(NC(=S)NC1C2CC3CC(C2)CC1C3)c1ccc(-c2cc(Cl)ccc2Cl)o1. The second-order valence-corrected chi connectivity index (χ2v) is 9.92. The molecule has 152 valence electrons. The summed E-state index contributed by atoms with van der Waals surface area (Å²) >= 11 is 17.7. The molecule has 0 aliphatic heterocycles. The molecular weight excluding hydrogens is 427 g/mol. The molecule has 4 bridgehead atoms. The molecule has 1 aromatic carbocycles. The molecule has 7 heteroatoms. The number of furan rings is 1. The maximum atomic E-state index is 12.6. The van der Waals surface area contributed by atoms with Crippen LogP contribution in [0.25, 0.3) is 11.3 Å². The van der Waals surface area contributed by atoms with Crippen LogP contribution in [0.4, 0.5) is 0 Å². The van der Waals surface area contributed by atoms with Gasteiger partial charge in [0.1, 0.15) is 5.76 Å². The van der Waals surface area contributed by atoms with Crippen molar-refractivity contribution in [2.75, 3.05) is 0 Å². The van der Waals surface area contributed by atoms with Gasteiger partial charge in [0.2, 0.25) is 0 Å². The van der Waals surface area contributed by atoms with Gasteiger partial charge in [-0.2, -0.15) is 0 Å². The standard InChI is InChI=1S/C22H22Cl2N2O2S/c23-15-1-2-17(24)16(10-15)18-3-4-19(28-18)21(27)26-22(29)25-20-13-6-11-5-12(8-13)9-14(20)7-11/h1-4,10-14,20H,5-9H2,(H2,25,26,27,29). The lowest BCUT2D eigenvalue weighted by molar-refractivity contribution is -0.00692. The van der Waals surface area contributed by atoms with Crippen molar-refractivity contribution in [3.63, 3.8) is 0 Å². The number of thiocarbonyl (C=S) groups is 1. The van der Waals surface area contributed by atoms with Gasteiger partial charge in [0.25, 0.3) is 5.91 Å². The van der Waals surface area contributed by atoms with Crippen LogP contribution in [0.5, 0.6) is 0 Å². The fourth-order valence-corrected chi connectivity index (χ4v) is 6.42. The normalized spacial score (nSPS) is 29.7. The van der Waals surface area contributed by atoms with Crippen molar-refractivity contribution >= 4 is 46.4 Å². The van der Waals surface area contributed by atoms with Gasteiger partial charge in [-0.15, -0.1) is 0 Å². The van der Waals surface area contributed by atoms with E-state index in [1.54, 1.807) is 30.3 Å². The van der Waals surface area contributed by atoms with Crippen molar-refractivity contribution in [2.45, 2.75) is 38.1 Å². The Balaban J connectivity index is 1.23. The van der Waals surface area contributed by atoms with Crippen LogP contribution >= 0.6 is 35.4 Å². The second-order valence-electron chi connectivity index (χ2n) is 8.67. The van der Waals surface area contributed by atoms with Crippen LogP contribution < -0.4 is 10.6 Å². The van der Waals surface area contributed by atoms with E-state index in [-0.39, 0.29) is 11.7 Å². The number of amides is 1. The molecule has 4 fully saturated rings. The fourth-order valence-electron chi connectivity index (χ4n) is 5.80. The van der Waals surface area contributed by atoms with Crippen LogP contribution in [0.2, 0.25) is 10.0 Å². The Kier molecular flexibility index (Phi) is 5.09. The zero-order chi connectivity index (χ0) is 20.1. The van der Waals surface area contributed by atoms with Gasteiger partial charge in [-0.3, -0.25) is 10.1 Å². The van der Waals surface area contributed by atoms with E-state index in [1.807, 2.05) is 0 Å². The molecule has 2 N–H and O–H groups in total. The number of hydrogen-bond donors (Lipinski definition) is 2. The summed E-state index contributed by atoms with van der Waals surface area (Å²) in [5.74, 6) is 3.48. The number of carbonyl (C=O) groups excluding carboxylic acids is 1. The lowest BCUT2D eigenvalue weighted by Crippen LogP contribution is -2.57. The van der Waals surface area contributed by atoms with E-state index in [0.717, 1.165) is 11.8 Å². The molecule has 1 amide bonds. The van der Waals surface area contributed by atoms with E-state index in [1.165, 1.54) is 32.1 Å². The average molecular weight is 449 g/mol. The van der Waals surface area contributed by atoms with Gasteiger partial charge < -0.3 is 9.73 Å². The minimum atomic E-state index is -0.365. The summed E-state index contributed by atoms with van der Waals surface area (Å²) in [7, 11) is 0. The molecule has 0 spiro atoms. The smallest absolute Gasteiger partial charge is 0.293 e. The predicted octanol–water partition coefficient (Wildman–Crippen LogP) is 5.68. The lowest BCUT2D eigenvalue weighted by Gasteiger charge is -2.54. The Morgan fingerprint density at radius 1 is 1.00 bits per heavy atom. The third-order valence-corrected chi connectivity index (χ3v) is 7.56. The van der Waals surface area contributed by atoms with Crippen LogP contribution in [0.3, 0.4) is 0 Å². The number of nitrogens with one attached hydrogen (secondary N) is 2. The molecule has 2 aromatic rings. The topological polar surface area (TPSA) is 54.3 Å². The Morgan fingerprint density at radius 2 is 1.69 bits per heavy atom. The summed E-state index contributed by atoms with van der Waals surface area (Å²) in [6, 6.07) is 8.83. The fraction of sp³-hybridized carbons (Fsp3) is 0.455. The summed E-state index contributed by atoms with van der Waals surface area (Å²) in [5.41, 5.74) is 0.646. The molecule has 4 aliphatic carbocycles. The van der Waals surface area contributed by atoms with E-state index in [9.17, 15) is 4.79 Å². The van der Waals surface area contributed by atoms with Crippen molar-refractivity contribution in [1.82, 2.24) is 10.6 Å². The number of carbonyl (C=O) groups is 1. The Labute approximate surface area is 185 Å². The summed E-state index contributed by atoms with van der Waals surface area (Å²) in [5, 5.41) is 7.65. The molecule has 0 radical (unpaired) electrons. The summed E-state index contributed by atoms with van der Waals surface area (Å²) < 4.78 is 5.71. The number of hydrogen-bond acceptors (Lipinski definition) is 3. The first-order valence-corrected chi connectivity index (χ1v) is 11.3. The van der Waals surface area contributed by atoms with Crippen LogP contribution in [-0.4, -0.2) is 17.1 Å². The van der Waals surface area contributed by atoms with Crippen molar-refractivity contribution in [3.8, 4) is 11.3 Å². The Bertz CT molecular complexity index is 945. The Morgan fingerprint density at radius 3 is 2.38 bits per heavy atom. The Hall–Kier alpha value is -1.56. The zero-order valence-corrected chi connectivity index (χ0v) is 18.1. The third kappa shape index (κ3) is 3.80. The molecular formula is C22H22Cl2N2O2S. The molecule has 29 heavy (non-hydrogen) atoms. The third-order valence-electron chi connectivity index (χ3n) is 6.78.